The van der Waals surface area contributed by atoms with Crippen LogP contribution in [0.2, 0.25) is 0 Å². The first-order chi connectivity index (χ1) is 9.51. The van der Waals surface area contributed by atoms with Crippen LogP contribution in [0.15, 0.2) is 29.3 Å². The fourth-order valence-electron chi connectivity index (χ4n) is 2.38. The smallest absolute Gasteiger partial charge is 0.269 e. The minimum Gasteiger partial charge on any atom is -0.390 e. The van der Waals surface area contributed by atoms with Crippen LogP contribution in [0, 0.1) is 10.1 Å². The maximum atomic E-state index is 10.5. The third-order valence-electron chi connectivity index (χ3n) is 3.67. The van der Waals surface area contributed by atoms with Crippen molar-refractivity contribution in [2.75, 3.05) is 6.54 Å². The standard InChI is InChI=1S/C14H18N2O4/c17-13-3-1-2-8-14(13,18)10-15-9-11-4-6-12(7-5-11)16(19)20/h4-7,9,13,17-18H,1-3,8,10H2/t13-,14+/m1/s1. The first-order valence-electron chi connectivity index (χ1n) is 6.66. The zero-order chi connectivity index (χ0) is 14.6. The van der Waals surface area contributed by atoms with E-state index in [0.717, 1.165) is 18.4 Å². The Balaban J connectivity index is 1.97. The van der Waals surface area contributed by atoms with E-state index in [-0.39, 0.29) is 12.2 Å². The molecule has 0 unspecified atom stereocenters. The largest absolute Gasteiger partial charge is 0.390 e. The summed E-state index contributed by atoms with van der Waals surface area (Å²) >= 11 is 0. The fraction of sp³-hybridized carbons (Fsp3) is 0.500. The van der Waals surface area contributed by atoms with E-state index in [4.69, 9.17) is 0 Å². The van der Waals surface area contributed by atoms with Crippen LogP contribution in [0.25, 0.3) is 0 Å². The van der Waals surface area contributed by atoms with Gasteiger partial charge >= 0.3 is 0 Å². The average molecular weight is 278 g/mol. The Labute approximate surface area is 116 Å². The molecule has 0 aromatic heterocycles. The summed E-state index contributed by atoms with van der Waals surface area (Å²) in [5.74, 6) is 0. The number of hydrogen-bond acceptors (Lipinski definition) is 5. The lowest BCUT2D eigenvalue weighted by Crippen LogP contribution is -2.47. The molecule has 0 spiro atoms. The zero-order valence-electron chi connectivity index (χ0n) is 11.1. The predicted molar refractivity (Wildman–Crippen MR) is 75.0 cm³/mol. The van der Waals surface area contributed by atoms with Gasteiger partial charge in [0.25, 0.3) is 5.69 Å². The number of hydrogen-bond donors (Lipinski definition) is 2. The number of nitro benzene ring substituents is 1. The lowest BCUT2D eigenvalue weighted by atomic mass is 9.82. The third kappa shape index (κ3) is 3.40. The Morgan fingerprint density at radius 2 is 2.10 bits per heavy atom. The lowest BCUT2D eigenvalue weighted by Gasteiger charge is -2.35. The molecular weight excluding hydrogens is 260 g/mol. The van der Waals surface area contributed by atoms with E-state index < -0.39 is 16.6 Å². The maximum Gasteiger partial charge on any atom is 0.269 e. The first kappa shape index (κ1) is 14.6. The van der Waals surface area contributed by atoms with Gasteiger partial charge in [0.05, 0.1) is 17.6 Å². The second kappa shape index (κ2) is 6.11. The summed E-state index contributed by atoms with van der Waals surface area (Å²) in [6.07, 6.45) is 3.79. The lowest BCUT2D eigenvalue weighted by molar-refractivity contribution is -0.384. The molecule has 2 atom stereocenters. The second-order valence-electron chi connectivity index (χ2n) is 5.18. The molecule has 1 fully saturated rings. The van der Waals surface area contributed by atoms with Crippen molar-refractivity contribution in [2.45, 2.75) is 37.4 Å². The SMILES string of the molecule is O=[N+]([O-])c1ccc(C=NC[C@@]2(O)CCCC[C@H]2O)cc1. The number of nitrogens with zero attached hydrogens (tertiary/aromatic N) is 2. The second-order valence-corrected chi connectivity index (χ2v) is 5.18. The van der Waals surface area contributed by atoms with Crippen molar-refractivity contribution in [2.24, 2.45) is 4.99 Å². The van der Waals surface area contributed by atoms with E-state index in [9.17, 15) is 20.3 Å². The molecule has 1 aromatic carbocycles. The van der Waals surface area contributed by atoms with Gasteiger partial charge in [-0.05, 0) is 30.5 Å². The Morgan fingerprint density at radius 3 is 2.70 bits per heavy atom. The van der Waals surface area contributed by atoms with Crippen LogP contribution in [-0.4, -0.2) is 39.6 Å². The van der Waals surface area contributed by atoms with Gasteiger partial charge in [0.15, 0.2) is 0 Å². The molecule has 2 rings (SSSR count). The van der Waals surface area contributed by atoms with E-state index >= 15 is 0 Å². The minimum atomic E-state index is -1.14. The molecule has 1 aliphatic rings. The summed E-state index contributed by atoms with van der Waals surface area (Å²) in [7, 11) is 0. The van der Waals surface area contributed by atoms with Gasteiger partial charge in [-0.2, -0.15) is 0 Å². The Morgan fingerprint density at radius 1 is 1.40 bits per heavy atom. The van der Waals surface area contributed by atoms with Gasteiger partial charge in [-0.1, -0.05) is 12.8 Å². The van der Waals surface area contributed by atoms with Gasteiger partial charge in [0.2, 0.25) is 0 Å². The van der Waals surface area contributed by atoms with Crippen molar-refractivity contribution in [1.29, 1.82) is 0 Å². The minimum absolute atomic E-state index is 0.0310. The van der Waals surface area contributed by atoms with Crippen molar-refractivity contribution in [3.8, 4) is 0 Å². The van der Waals surface area contributed by atoms with Crippen molar-refractivity contribution in [3.63, 3.8) is 0 Å². The van der Waals surface area contributed by atoms with E-state index in [1.54, 1.807) is 18.3 Å². The molecular formula is C14H18N2O4. The van der Waals surface area contributed by atoms with E-state index in [0.29, 0.717) is 12.8 Å². The maximum absolute atomic E-state index is 10.5. The first-order valence-corrected chi connectivity index (χ1v) is 6.66. The Hall–Kier alpha value is -1.79. The third-order valence-corrected chi connectivity index (χ3v) is 3.67. The summed E-state index contributed by atoms with van der Waals surface area (Å²) in [6, 6.07) is 6.02. The van der Waals surface area contributed by atoms with Gasteiger partial charge in [-0.15, -0.1) is 0 Å². The highest BCUT2D eigenvalue weighted by Crippen LogP contribution is 2.28. The molecule has 0 radical (unpaired) electrons. The Kier molecular flexibility index (Phi) is 4.46. The molecule has 6 nitrogen and oxygen atoms in total. The van der Waals surface area contributed by atoms with Crippen LogP contribution in [0.3, 0.4) is 0 Å². The van der Waals surface area contributed by atoms with Gasteiger partial charge in [0, 0.05) is 18.3 Å². The topological polar surface area (TPSA) is 96.0 Å². The van der Waals surface area contributed by atoms with Crippen molar-refractivity contribution >= 4 is 11.9 Å². The summed E-state index contributed by atoms with van der Waals surface area (Å²) < 4.78 is 0. The van der Waals surface area contributed by atoms with E-state index in [2.05, 4.69) is 4.99 Å². The molecule has 0 amide bonds. The van der Waals surface area contributed by atoms with Crippen LogP contribution in [0.4, 0.5) is 5.69 Å². The highest BCUT2D eigenvalue weighted by atomic mass is 16.6. The number of nitro groups is 1. The summed E-state index contributed by atoms with van der Waals surface area (Å²) in [4.78, 5) is 14.2. The van der Waals surface area contributed by atoms with Gasteiger partial charge < -0.3 is 10.2 Å². The van der Waals surface area contributed by atoms with Crippen LogP contribution in [0.5, 0.6) is 0 Å². The highest BCUT2D eigenvalue weighted by molar-refractivity contribution is 5.79. The highest BCUT2D eigenvalue weighted by Gasteiger charge is 2.37. The number of aliphatic hydroxyl groups excluding tert-OH is 1. The molecule has 0 aliphatic heterocycles. The van der Waals surface area contributed by atoms with Crippen molar-refractivity contribution in [1.82, 2.24) is 0 Å². The molecule has 0 saturated heterocycles. The number of aliphatic hydroxyl groups is 2. The molecule has 0 bridgehead atoms. The zero-order valence-corrected chi connectivity index (χ0v) is 11.1. The van der Waals surface area contributed by atoms with Crippen molar-refractivity contribution in [3.05, 3.63) is 39.9 Å². The molecule has 0 heterocycles. The quantitative estimate of drug-likeness (QED) is 0.497. The van der Waals surface area contributed by atoms with Crippen LogP contribution in [0.1, 0.15) is 31.2 Å². The summed E-state index contributed by atoms with van der Waals surface area (Å²) in [6.45, 7) is 0.144. The van der Waals surface area contributed by atoms with E-state index in [1.807, 2.05) is 0 Å². The predicted octanol–water partition coefficient (Wildman–Crippen LogP) is 1.68. The monoisotopic (exact) mass is 278 g/mol. The number of benzene rings is 1. The molecule has 108 valence electrons. The van der Waals surface area contributed by atoms with E-state index in [1.165, 1.54) is 12.1 Å². The average Bonchev–Trinajstić information content (AvgIpc) is 2.43. The van der Waals surface area contributed by atoms with Crippen LogP contribution in [-0.2, 0) is 0 Å². The van der Waals surface area contributed by atoms with Gasteiger partial charge in [0.1, 0.15) is 5.60 Å². The molecule has 6 heteroatoms. The number of aliphatic imine (C=N–C) groups is 1. The molecule has 1 aromatic rings. The summed E-state index contributed by atoms with van der Waals surface area (Å²) in [5.41, 5.74) is -0.386. The normalized spacial score (nSPS) is 26.8. The number of non-ortho nitro benzene ring substituents is 1. The Bertz CT molecular complexity index is 500. The summed E-state index contributed by atoms with van der Waals surface area (Å²) in [5, 5.41) is 30.6. The molecule has 2 N–H and O–H groups in total. The number of rotatable bonds is 4. The molecule has 1 aliphatic carbocycles. The van der Waals surface area contributed by atoms with Gasteiger partial charge in [-0.3, -0.25) is 15.1 Å². The fourth-order valence-corrected chi connectivity index (χ4v) is 2.38. The van der Waals surface area contributed by atoms with Crippen LogP contribution >= 0.6 is 0 Å². The van der Waals surface area contributed by atoms with Gasteiger partial charge in [-0.25, -0.2) is 0 Å². The van der Waals surface area contributed by atoms with Crippen LogP contribution < -0.4 is 0 Å². The van der Waals surface area contributed by atoms with Crippen molar-refractivity contribution < 1.29 is 15.1 Å². The molecule has 1 saturated carbocycles. The molecule has 20 heavy (non-hydrogen) atoms.